The molecule has 144 valence electrons. The number of carbonyl (C=O) groups excluding carboxylic acids is 2. The molecule has 2 rings (SSSR count). The van der Waals surface area contributed by atoms with Crippen molar-refractivity contribution in [1.82, 2.24) is 4.90 Å². The largest absolute Gasteiger partial charge is 0.444 e. The minimum absolute atomic E-state index is 0.00663. The minimum Gasteiger partial charge on any atom is -0.444 e. The van der Waals surface area contributed by atoms with Crippen LogP contribution in [0.5, 0.6) is 0 Å². The van der Waals surface area contributed by atoms with Crippen LogP contribution in [0.1, 0.15) is 56.1 Å². The first kappa shape index (κ1) is 21.2. The number of halogens is 1. The number of rotatable bonds is 6. The summed E-state index contributed by atoms with van der Waals surface area (Å²) in [6, 6.07) is 16.7. The summed E-state index contributed by atoms with van der Waals surface area (Å²) < 4.78 is 6.54. The lowest BCUT2D eigenvalue weighted by Crippen LogP contribution is -2.39. The van der Waals surface area contributed by atoms with Gasteiger partial charge in [0.2, 0.25) is 0 Å². The molecule has 27 heavy (non-hydrogen) atoms. The number of carbonyl (C=O) groups is 2. The number of benzene rings is 2. The van der Waals surface area contributed by atoms with Gasteiger partial charge in [-0.3, -0.25) is 4.79 Å². The first-order valence-electron chi connectivity index (χ1n) is 9.01. The Bertz CT molecular complexity index is 766. The Kier molecular flexibility index (Phi) is 7.19. The van der Waals surface area contributed by atoms with E-state index < -0.39 is 11.7 Å². The van der Waals surface area contributed by atoms with Crippen LogP contribution < -0.4 is 0 Å². The number of hydrogen-bond donors (Lipinski definition) is 0. The fourth-order valence-corrected chi connectivity index (χ4v) is 2.94. The lowest BCUT2D eigenvalue weighted by molar-refractivity contribution is 0.0173. The normalized spacial score (nSPS) is 12.3. The van der Waals surface area contributed by atoms with Gasteiger partial charge in [0.1, 0.15) is 5.60 Å². The van der Waals surface area contributed by atoms with E-state index in [0.717, 1.165) is 10.0 Å². The van der Waals surface area contributed by atoms with Crippen molar-refractivity contribution in [3.8, 4) is 0 Å². The van der Waals surface area contributed by atoms with Gasteiger partial charge in [-0.05, 0) is 45.4 Å². The molecule has 0 unspecified atom stereocenters. The van der Waals surface area contributed by atoms with Gasteiger partial charge in [-0.25, -0.2) is 4.79 Å². The SMILES string of the molecule is C[C@@H](c1ccc(Br)cc1)N(CCC(=O)c1ccccc1)C(=O)OC(C)(C)C. The highest BCUT2D eigenvalue weighted by Crippen LogP contribution is 2.25. The van der Waals surface area contributed by atoms with Crippen molar-refractivity contribution in [2.75, 3.05) is 6.54 Å². The van der Waals surface area contributed by atoms with E-state index in [4.69, 9.17) is 4.74 Å². The minimum atomic E-state index is -0.599. The van der Waals surface area contributed by atoms with Crippen LogP contribution in [0.2, 0.25) is 0 Å². The molecule has 0 aliphatic carbocycles. The average molecular weight is 432 g/mol. The smallest absolute Gasteiger partial charge is 0.410 e. The number of Topliss-reactive ketones (excluding diaryl/α,β-unsaturated/α-hetero) is 1. The van der Waals surface area contributed by atoms with Crippen molar-refractivity contribution in [3.63, 3.8) is 0 Å². The number of amides is 1. The first-order valence-corrected chi connectivity index (χ1v) is 9.80. The molecule has 2 aromatic carbocycles. The van der Waals surface area contributed by atoms with Gasteiger partial charge >= 0.3 is 6.09 Å². The van der Waals surface area contributed by atoms with E-state index in [9.17, 15) is 9.59 Å². The molecule has 2 aromatic rings. The van der Waals surface area contributed by atoms with Crippen LogP contribution in [0.3, 0.4) is 0 Å². The third-order valence-corrected chi connectivity index (χ3v) is 4.65. The number of ketones is 1. The van der Waals surface area contributed by atoms with Gasteiger partial charge in [-0.2, -0.15) is 0 Å². The molecule has 0 fully saturated rings. The fourth-order valence-electron chi connectivity index (χ4n) is 2.68. The molecule has 0 bridgehead atoms. The van der Waals surface area contributed by atoms with Crippen LogP contribution in [-0.2, 0) is 4.74 Å². The van der Waals surface area contributed by atoms with E-state index >= 15 is 0 Å². The molecule has 1 atom stereocenters. The molecule has 0 aromatic heterocycles. The summed E-state index contributed by atoms with van der Waals surface area (Å²) in [6.07, 6.45) is -0.178. The fraction of sp³-hybridized carbons (Fsp3) is 0.364. The standard InChI is InChI=1S/C22H26BrNO3/c1-16(17-10-12-19(23)13-11-17)24(21(26)27-22(2,3)4)15-14-20(25)18-8-6-5-7-9-18/h5-13,16H,14-15H2,1-4H3/t16-/m0/s1. The van der Waals surface area contributed by atoms with Gasteiger partial charge in [0.25, 0.3) is 0 Å². The van der Waals surface area contributed by atoms with E-state index in [-0.39, 0.29) is 18.2 Å². The van der Waals surface area contributed by atoms with E-state index in [1.807, 2.05) is 70.2 Å². The molecular formula is C22H26BrNO3. The lowest BCUT2D eigenvalue weighted by atomic mass is 10.1. The average Bonchev–Trinajstić information content (AvgIpc) is 2.61. The van der Waals surface area contributed by atoms with E-state index in [1.54, 1.807) is 17.0 Å². The van der Waals surface area contributed by atoms with Gasteiger partial charge in [0.05, 0.1) is 6.04 Å². The molecule has 0 saturated heterocycles. The van der Waals surface area contributed by atoms with Crippen molar-refractivity contribution in [2.45, 2.75) is 45.8 Å². The van der Waals surface area contributed by atoms with E-state index in [2.05, 4.69) is 15.9 Å². The van der Waals surface area contributed by atoms with Crippen molar-refractivity contribution < 1.29 is 14.3 Å². The Balaban J connectivity index is 2.17. The quantitative estimate of drug-likeness (QED) is 0.525. The predicted octanol–water partition coefficient (Wildman–Crippen LogP) is 6.02. The summed E-state index contributed by atoms with van der Waals surface area (Å²) in [5.74, 6) is 0.00663. The Morgan fingerprint density at radius 1 is 1.04 bits per heavy atom. The number of hydrogen-bond acceptors (Lipinski definition) is 3. The molecule has 0 radical (unpaired) electrons. The van der Waals surface area contributed by atoms with Crippen LogP contribution in [0.4, 0.5) is 4.79 Å². The molecular weight excluding hydrogens is 406 g/mol. The number of nitrogens with zero attached hydrogens (tertiary/aromatic N) is 1. The maximum Gasteiger partial charge on any atom is 0.410 e. The van der Waals surface area contributed by atoms with Crippen molar-refractivity contribution >= 4 is 27.8 Å². The summed E-state index contributed by atoms with van der Waals surface area (Å²) in [5.41, 5.74) is 1.03. The van der Waals surface area contributed by atoms with Gasteiger partial charge in [-0.1, -0.05) is 58.4 Å². The maximum absolute atomic E-state index is 12.8. The highest BCUT2D eigenvalue weighted by Gasteiger charge is 2.27. The van der Waals surface area contributed by atoms with Crippen molar-refractivity contribution in [3.05, 3.63) is 70.2 Å². The third kappa shape index (κ3) is 6.51. The summed E-state index contributed by atoms with van der Waals surface area (Å²) in [6.45, 7) is 7.74. The molecule has 0 spiro atoms. The summed E-state index contributed by atoms with van der Waals surface area (Å²) in [7, 11) is 0. The second-order valence-corrected chi connectivity index (χ2v) is 8.36. The Morgan fingerprint density at radius 3 is 2.19 bits per heavy atom. The van der Waals surface area contributed by atoms with Crippen LogP contribution >= 0.6 is 15.9 Å². The molecule has 5 heteroatoms. The second-order valence-electron chi connectivity index (χ2n) is 7.44. The highest BCUT2D eigenvalue weighted by molar-refractivity contribution is 9.10. The molecule has 0 aliphatic heterocycles. The van der Waals surface area contributed by atoms with Gasteiger partial charge in [0, 0.05) is 23.0 Å². The first-order chi connectivity index (χ1) is 12.7. The predicted molar refractivity (Wildman–Crippen MR) is 111 cm³/mol. The van der Waals surface area contributed by atoms with Gasteiger partial charge < -0.3 is 9.64 Å². The summed E-state index contributed by atoms with van der Waals surface area (Å²) in [5, 5.41) is 0. The Morgan fingerprint density at radius 2 is 1.63 bits per heavy atom. The molecule has 0 heterocycles. The molecule has 0 saturated carbocycles. The van der Waals surface area contributed by atoms with Crippen LogP contribution in [0.25, 0.3) is 0 Å². The van der Waals surface area contributed by atoms with Crippen molar-refractivity contribution in [1.29, 1.82) is 0 Å². The Hall–Kier alpha value is -2.14. The third-order valence-electron chi connectivity index (χ3n) is 4.12. The van der Waals surface area contributed by atoms with E-state index in [1.165, 1.54) is 0 Å². The molecule has 0 N–H and O–H groups in total. The summed E-state index contributed by atoms with van der Waals surface area (Å²) in [4.78, 5) is 26.9. The van der Waals surface area contributed by atoms with Crippen LogP contribution in [0.15, 0.2) is 59.1 Å². The molecule has 0 aliphatic rings. The highest BCUT2D eigenvalue weighted by atomic mass is 79.9. The van der Waals surface area contributed by atoms with Crippen molar-refractivity contribution in [2.24, 2.45) is 0 Å². The van der Waals surface area contributed by atoms with E-state index in [0.29, 0.717) is 12.1 Å². The molecule has 1 amide bonds. The Labute approximate surface area is 169 Å². The van der Waals surface area contributed by atoms with Gasteiger partial charge in [-0.15, -0.1) is 0 Å². The molecule has 4 nitrogen and oxygen atoms in total. The second kappa shape index (κ2) is 9.18. The zero-order chi connectivity index (χ0) is 20.0. The van der Waals surface area contributed by atoms with Crippen LogP contribution in [0, 0.1) is 0 Å². The summed E-state index contributed by atoms with van der Waals surface area (Å²) >= 11 is 3.43. The zero-order valence-electron chi connectivity index (χ0n) is 16.2. The monoisotopic (exact) mass is 431 g/mol. The topological polar surface area (TPSA) is 46.6 Å². The maximum atomic E-state index is 12.8. The van der Waals surface area contributed by atoms with Gasteiger partial charge in [0.15, 0.2) is 5.78 Å². The van der Waals surface area contributed by atoms with Crippen LogP contribution in [-0.4, -0.2) is 28.9 Å². The lowest BCUT2D eigenvalue weighted by Gasteiger charge is -2.32. The zero-order valence-corrected chi connectivity index (χ0v) is 17.8. The number of ether oxygens (including phenoxy) is 1.